The lowest BCUT2D eigenvalue weighted by molar-refractivity contribution is 0.0748. The Morgan fingerprint density at radius 1 is 1.07 bits per heavy atom. The van der Waals surface area contributed by atoms with Crippen LogP contribution in [0.25, 0.3) is 0 Å². The first kappa shape index (κ1) is 18.9. The lowest BCUT2D eigenvalue weighted by Gasteiger charge is -2.32. The summed E-state index contributed by atoms with van der Waals surface area (Å²) in [6, 6.07) is 7.49. The molecule has 3 heterocycles. The maximum absolute atomic E-state index is 13.1. The Labute approximate surface area is 162 Å². The first-order chi connectivity index (χ1) is 12.9. The van der Waals surface area contributed by atoms with Gasteiger partial charge >= 0.3 is 0 Å². The van der Waals surface area contributed by atoms with Crippen LogP contribution in [0.1, 0.15) is 55.8 Å². The van der Waals surface area contributed by atoms with E-state index in [1.54, 1.807) is 28.6 Å². The zero-order valence-electron chi connectivity index (χ0n) is 15.9. The van der Waals surface area contributed by atoms with Crippen molar-refractivity contribution in [3.8, 4) is 0 Å². The Morgan fingerprint density at radius 3 is 2.70 bits per heavy atom. The number of piperidine rings is 1. The Kier molecular flexibility index (Phi) is 5.27. The zero-order valence-corrected chi connectivity index (χ0v) is 16.7. The van der Waals surface area contributed by atoms with E-state index in [1.807, 2.05) is 11.8 Å². The molecule has 0 aliphatic carbocycles. The molecule has 3 atom stereocenters. The summed E-state index contributed by atoms with van der Waals surface area (Å²) in [4.78, 5) is 15.2. The van der Waals surface area contributed by atoms with Crippen LogP contribution in [-0.4, -0.2) is 61.3 Å². The molecule has 3 aliphatic heterocycles. The quantitative estimate of drug-likeness (QED) is 0.858. The highest BCUT2D eigenvalue weighted by molar-refractivity contribution is 7.89. The summed E-state index contributed by atoms with van der Waals surface area (Å²) in [7, 11) is -3.56. The van der Waals surface area contributed by atoms with Crippen LogP contribution in [0, 0.1) is 0 Å². The molecule has 0 radical (unpaired) electrons. The predicted molar refractivity (Wildman–Crippen MR) is 104 cm³/mol. The number of carbonyl (C=O) groups is 1. The number of nitrogens with one attached hydrogen (secondary N) is 1. The number of benzene rings is 1. The molecule has 2 bridgehead atoms. The van der Waals surface area contributed by atoms with Gasteiger partial charge in [0.1, 0.15) is 0 Å². The number of carbonyl (C=O) groups excluding carboxylic acids is 1. The summed E-state index contributed by atoms with van der Waals surface area (Å²) < 4.78 is 27.8. The number of sulfonamides is 1. The molecular weight excluding hydrogens is 362 g/mol. The Balaban J connectivity index is 1.56. The standard InChI is InChI=1S/C20H29N3O3S/c1-15-5-2-3-11-23(15)27(25,26)19-7-4-6-16(13-19)20(24)22-12-10-17-8-9-18(14-22)21-17/h4,6-7,13,15,17-18,21H,2-3,5,8-12,14H2,1H3. The van der Waals surface area contributed by atoms with Gasteiger partial charge in [-0.3, -0.25) is 4.79 Å². The summed E-state index contributed by atoms with van der Waals surface area (Å²) >= 11 is 0. The Morgan fingerprint density at radius 2 is 1.89 bits per heavy atom. The van der Waals surface area contributed by atoms with E-state index in [4.69, 9.17) is 0 Å². The fourth-order valence-electron chi connectivity index (χ4n) is 4.66. The van der Waals surface area contributed by atoms with Gasteiger partial charge in [0.15, 0.2) is 0 Å². The molecule has 3 aliphatic rings. The lowest BCUT2D eigenvalue weighted by atomic mass is 10.1. The van der Waals surface area contributed by atoms with E-state index in [2.05, 4.69) is 5.32 Å². The van der Waals surface area contributed by atoms with E-state index in [0.717, 1.165) is 38.6 Å². The van der Waals surface area contributed by atoms with Crippen molar-refractivity contribution in [2.75, 3.05) is 19.6 Å². The van der Waals surface area contributed by atoms with Gasteiger partial charge in [-0.2, -0.15) is 4.31 Å². The van der Waals surface area contributed by atoms with Gasteiger partial charge in [0.25, 0.3) is 5.91 Å². The van der Waals surface area contributed by atoms with Crippen molar-refractivity contribution >= 4 is 15.9 Å². The van der Waals surface area contributed by atoms with Crippen molar-refractivity contribution in [1.29, 1.82) is 0 Å². The summed E-state index contributed by atoms with van der Waals surface area (Å²) in [5, 5.41) is 3.58. The van der Waals surface area contributed by atoms with Gasteiger partial charge in [-0.25, -0.2) is 8.42 Å². The van der Waals surface area contributed by atoms with Gasteiger partial charge in [-0.05, 0) is 57.2 Å². The minimum absolute atomic E-state index is 0.00957. The van der Waals surface area contributed by atoms with Crippen molar-refractivity contribution < 1.29 is 13.2 Å². The van der Waals surface area contributed by atoms with Gasteiger partial charge in [0.05, 0.1) is 4.90 Å². The molecule has 1 aromatic carbocycles. The minimum Gasteiger partial charge on any atom is -0.337 e. The summed E-state index contributed by atoms with van der Waals surface area (Å²) in [5.41, 5.74) is 0.471. The highest BCUT2D eigenvalue weighted by atomic mass is 32.2. The number of likely N-dealkylation sites (tertiary alicyclic amines) is 1. The number of hydrogen-bond donors (Lipinski definition) is 1. The Hall–Kier alpha value is -1.44. The monoisotopic (exact) mass is 391 g/mol. The number of amides is 1. The van der Waals surface area contributed by atoms with E-state index in [1.165, 1.54) is 6.42 Å². The summed E-state index contributed by atoms with van der Waals surface area (Å²) in [5.74, 6) is -0.0620. The van der Waals surface area contributed by atoms with E-state index in [0.29, 0.717) is 30.7 Å². The molecule has 148 valence electrons. The van der Waals surface area contributed by atoms with E-state index in [-0.39, 0.29) is 16.8 Å². The molecule has 3 saturated heterocycles. The van der Waals surface area contributed by atoms with Crippen molar-refractivity contribution in [2.45, 2.75) is 68.5 Å². The second-order valence-corrected chi connectivity index (χ2v) is 10.1. The minimum atomic E-state index is -3.56. The van der Waals surface area contributed by atoms with Crippen molar-refractivity contribution in [1.82, 2.24) is 14.5 Å². The molecule has 1 amide bonds. The zero-order chi connectivity index (χ0) is 19.0. The topological polar surface area (TPSA) is 69.7 Å². The third-order valence-corrected chi connectivity index (χ3v) is 8.25. The van der Waals surface area contributed by atoms with Crippen LogP contribution in [0.2, 0.25) is 0 Å². The average Bonchev–Trinajstić information content (AvgIpc) is 3.00. The molecule has 6 nitrogen and oxygen atoms in total. The van der Waals surface area contributed by atoms with Crippen LogP contribution in [0.15, 0.2) is 29.2 Å². The fourth-order valence-corrected chi connectivity index (χ4v) is 6.41. The molecule has 0 spiro atoms. The van der Waals surface area contributed by atoms with E-state index in [9.17, 15) is 13.2 Å². The second kappa shape index (κ2) is 7.53. The van der Waals surface area contributed by atoms with Crippen molar-refractivity contribution in [2.24, 2.45) is 0 Å². The first-order valence-corrected chi connectivity index (χ1v) is 11.6. The molecule has 1 aromatic rings. The molecular formula is C20H29N3O3S. The Bertz CT molecular complexity index is 810. The molecule has 1 N–H and O–H groups in total. The summed E-state index contributed by atoms with van der Waals surface area (Å²) in [6.07, 6.45) is 6.11. The van der Waals surface area contributed by atoms with E-state index < -0.39 is 10.0 Å². The third-order valence-electron chi connectivity index (χ3n) is 6.24. The van der Waals surface area contributed by atoms with E-state index >= 15 is 0 Å². The molecule has 3 unspecified atom stereocenters. The lowest BCUT2D eigenvalue weighted by Crippen LogP contribution is -2.42. The second-order valence-electron chi connectivity index (χ2n) is 8.17. The molecule has 3 fully saturated rings. The molecule has 0 saturated carbocycles. The van der Waals surface area contributed by atoms with Crippen LogP contribution in [-0.2, 0) is 10.0 Å². The summed E-state index contributed by atoms with van der Waals surface area (Å²) in [6.45, 7) is 3.95. The van der Waals surface area contributed by atoms with Gasteiger partial charge in [0.2, 0.25) is 10.0 Å². The van der Waals surface area contributed by atoms with Crippen LogP contribution >= 0.6 is 0 Å². The van der Waals surface area contributed by atoms with Crippen LogP contribution in [0.4, 0.5) is 0 Å². The fraction of sp³-hybridized carbons (Fsp3) is 0.650. The molecule has 4 rings (SSSR count). The van der Waals surface area contributed by atoms with Gasteiger partial charge in [-0.1, -0.05) is 12.5 Å². The molecule has 7 heteroatoms. The number of hydrogen-bond acceptors (Lipinski definition) is 4. The average molecular weight is 392 g/mol. The van der Waals surface area contributed by atoms with Crippen LogP contribution in [0.5, 0.6) is 0 Å². The predicted octanol–water partition coefficient (Wildman–Crippen LogP) is 2.22. The number of nitrogens with zero attached hydrogens (tertiary/aromatic N) is 2. The molecule has 0 aromatic heterocycles. The maximum Gasteiger partial charge on any atom is 0.253 e. The number of rotatable bonds is 3. The normalized spacial score (nSPS) is 29.5. The van der Waals surface area contributed by atoms with Crippen molar-refractivity contribution in [3.05, 3.63) is 29.8 Å². The van der Waals surface area contributed by atoms with Gasteiger partial charge in [-0.15, -0.1) is 0 Å². The third kappa shape index (κ3) is 3.77. The SMILES string of the molecule is CC1CCCCN1S(=O)(=O)c1cccc(C(=O)N2CCC3CCC(C2)N3)c1. The van der Waals surface area contributed by atoms with Gasteiger partial charge < -0.3 is 10.2 Å². The van der Waals surface area contributed by atoms with Gasteiger partial charge in [0, 0.05) is 43.3 Å². The number of fused-ring (bicyclic) bond motifs is 2. The highest BCUT2D eigenvalue weighted by Crippen LogP contribution is 2.26. The smallest absolute Gasteiger partial charge is 0.253 e. The first-order valence-electron chi connectivity index (χ1n) is 10.1. The van der Waals surface area contributed by atoms with Crippen LogP contribution < -0.4 is 5.32 Å². The maximum atomic E-state index is 13.1. The largest absolute Gasteiger partial charge is 0.337 e. The molecule has 27 heavy (non-hydrogen) atoms. The van der Waals surface area contributed by atoms with Crippen LogP contribution in [0.3, 0.4) is 0 Å². The highest BCUT2D eigenvalue weighted by Gasteiger charge is 2.33. The van der Waals surface area contributed by atoms with Crippen molar-refractivity contribution in [3.63, 3.8) is 0 Å².